The first kappa shape index (κ1) is 29.1. The summed E-state index contributed by atoms with van der Waals surface area (Å²) in [5.74, 6) is -1.96. The summed E-state index contributed by atoms with van der Waals surface area (Å²) in [6.45, 7) is 4.74. The maximum atomic E-state index is 15.0. The number of halogens is 1. The van der Waals surface area contributed by atoms with E-state index >= 15 is 0 Å². The molecule has 3 aromatic rings. The van der Waals surface area contributed by atoms with Crippen LogP contribution in [0, 0.1) is 18.2 Å². The molecular formula is C26H30FN5O7S. The number of benzene rings is 1. The number of rotatable bonds is 6. The van der Waals surface area contributed by atoms with Crippen LogP contribution in [-0.4, -0.2) is 66.1 Å². The Hall–Kier alpha value is -3.88. The summed E-state index contributed by atoms with van der Waals surface area (Å²) in [5, 5.41) is 13.3. The summed E-state index contributed by atoms with van der Waals surface area (Å²) in [6, 6.07) is 7.12. The van der Waals surface area contributed by atoms with E-state index in [1.54, 1.807) is 21.6 Å². The fourth-order valence-electron chi connectivity index (χ4n) is 4.47. The average molecular weight is 576 g/mol. The second-order valence-electron chi connectivity index (χ2n) is 10.1. The zero-order chi connectivity index (χ0) is 29.4. The molecule has 1 aromatic carbocycles. The lowest BCUT2D eigenvalue weighted by Gasteiger charge is -2.23. The Bertz CT molecular complexity index is 1650. The van der Waals surface area contributed by atoms with Crippen LogP contribution < -0.4 is 16.1 Å². The Morgan fingerprint density at radius 1 is 1.30 bits per heavy atom. The van der Waals surface area contributed by atoms with Gasteiger partial charge in [-0.2, -0.15) is 8.42 Å². The summed E-state index contributed by atoms with van der Waals surface area (Å²) in [6.07, 6.45) is 3.02. The molecule has 0 radical (unpaired) electrons. The lowest BCUT2D eigenvalue weighted by molar-refractivity contribution is 0.0694. The fourth-order valence-corrected chi connectivity index (χ4v) is 4.95. The molecule has 14 heteroatoms. The molecule has 1 aliphatic heterocycles. The van der Waals surface area contributed by atoms with E-state index in [1.165, 1.54) is 25.4 Å². The molecule has 0 amide bonds. The van der Waals surface area contributed by atoms with Gasteiger partial charge in [-0.25, -0.2) is 14.2 Å². The zero-order valence-corrected chi connectivity index (χ0v) is 23.0. The van der Waals surface area contributed by atoms with Gasteiger partial charge in [-0.1, -0.05) is 29.8 Å². The summed E-state index contributed by atoms with van der Waals surface area (Å²) < 4.78 is 46.2. The summed E-state index contributed by atoms with van der Waals surface area (Å²) in [5.41, 5.74) is 6.22. The number of hydrogen-bond acceptors (Lipinski definition) is 9. The van der Waals surface area contributed by atoms with Gasteiger partial charge < -0.3 is 25.1 Å². The van der Waals surface area contributed by atoms with Crippen molar-refractivity contribution in [2.45, 2.75) is 37.6 Å². The normalized spacial score (nSPS) is 19.9. The number of nitrogens with two attached hydrogens (primary N) is 1. The van der Waals surface area contributed by atoms with E-state index in [2.05, 4.69) is 10.1 Å². The first-order valence-electron chi connectivity index (χ1n) is 12.4. The molecular weight excluding hydrogens is 545 g/mol. The second-order valence-corrected chi connectivity index (χ2v) is 11.5. The molecule has 2 aromatic heterocycles. The predicted molar refractivity (Wildman–Crippen MR) is 146 cm³/mol. The third-order valence-corrected chi connectivity index (χ3v) is 7.83. The number of anilines is 1. The van der Waals surface area contributed by atoms with Gasteiger partial charge in [0.15, 0.2) is 11.6 Å². The van der Waals surface area contributed by atoms with Gasteiger partial charge in [0.1, 0.15) is 18.3 Å². The number of fused-ring (bicyclic) bond motifs is 1. The molecule has 2 fully saturated rings. The minimum Gasteiger partial charge on any atom is -0.477 e. The van der Waals surface area contributed by atoms with E-state index in [1.807, 2.05) is 13.8 Å². The van der Waals surface area contributed by atoms with Crippen molar-refractivity contribution in [3.63, 3.8) is 0 Å². The summed E-state index contributed by atoms with van der Waals surface area (Å²) in [4.78, 5) is 35.0. The van der Waals surface area contributed by atoms with Gasteiger partial charge in [0.25, 0.3) is 10.1 Å². The van der Waals surface area contributed by atoms with Crippen LogP contribution in [-0.2, 0) is 15.0 Å². The van der Waals surface area contributed by atoms with Crippen LogP contribution in [0.25, 0.3) is 11.0 Å². The number of aromatic nitrogens is 2. The summed E-state index contributed by atoms with van der Waals surface area (Å²) in [7, 11) is -2.58. The van der Waals surface area contributed by atoms with Gasteiger partial charge in [-0.05, 0) is 38.0 Å². The molecule has 5 rings (SSSR count). The van der Waals surface area contributed by atoms with E-state index in [4.69, 9.17) is 15.1 Å². The topological polar surface area (TPSA) is 177 Å². The molecule has 1 atom stereocenters. The number of carboxylic acids is 1. The van der Waals surface area contributed by atoms with Crippen LogP contribution in [0.1, 0.15) is 41.7 Å². The minimum atomic E-state index is -4.02. The quantitative estimate of drug-likeness (QED) is 0.292. The number of hydrogen-bond donors (Lipinski definition) is 3. The predicted octanol–water partition coefficient (Wildman–Crippen LogP) is 2.60. The number of carboxylic acid groups (broad SMARTS) is 1. The van der Waals surface area contributed by atoms with Crippen molar-refractivity contribution in [2.24, 2.45) is 16.3 Å². The Labute approximate surface area is 229 Å². The molecule has 3 heterocycles. The molecule has 40 heavy (non-hydrogen) atoms. The van der Waals surface area contributed by atoms with Crippen LogP contribution in [0.15, 0.2) is 51.4 Å². The molecule has 1 aliphatic carbocycles. The highest BCUT2D eigenvalue weighted by atomic mass is 32.2. The van der Waals surface area contributed by atoms with E-state index in [0.717, 1.165) is 24.5 Å². The Morgan fingerprint density at radius 3 is 2.48 bits per heavy atom. The van der Waals surface area contributed by atoms with Crippen molar-refractivity contribution in [1.29, 1.82) is 0 Å². The number of oxime groups is 1. The van der Waals surface area contributed by atoms with Crippen LogP contribution in [0.5, 0.6) is 0 Å². The molecule has 1 saturated heterocycles. The van der Waals surface area contributed by atoms with Gasteiger partial charge >= 0.3 is 5.97 Å². The first-order valence-corrected chi connectivity index (χ1v) is 13.8. The van der Waals surface area contributed by atoms with E-state index in [-0.39, 0.29) is 39.9 Å². The van der Waals surface area contributed by atoms with E-state index in [0.29, 0.717) is 18.8 Å². The zero-order valence-electron chi connectivity index (χ0n) is 22.2. The molecule has 0 bridgehead atoms. The van der Waals surface area contributed by atoms with Gasteiger partial charge in [-0.3, -0.25) is 9.35 Å². The highest BCUT2D eigenvalue weighted by molar-refractivity contribution is 7.85. The van der Waals surface area contributed by atoms with Gasteiger partial charge in [0, 0.05) is 30.7 Å². The fraction of sp³-hybridized carbons (Fsp3) is 0.385. The van der Waals surface area contributed by atoms with Crippen LogP contribution >= 0.6 is 0 Å². The van der Waals surface area contributed by atoms with Crippen molar-refractivity contribution in [2.75, 3.05) is 31.6 Å². The van der Waals surface area contributed by atoms with Crippen molar-refractivity contribution in [1.82, 2.24) is 9.55 Å². The van der Waals surface area contributed by atoms with Crippen molar-refractivity contribution >= 4 is 38.7 Å². The van der Waals surface area contributed by atoms with Gasteiger partial charge in [-0.15, -0.1) is 0 Å². The van der Waals surface area contributed by atoms with E-state index in [9.17, 15) is 27.5 Å². The maximum absolute atomic E-state index is 15.0. The molecule has 2 aliphatic rings. The van der Waals surface area contributed by atoms with Crippen LogP contribution in [0.2, 0.25) is 0 Å². The largest absolute Gasteiger partial charge is 0.477 e. The van der Waals surface area contributed by atoms with Crippen molar-refractivity contribution < 1.29 is 32.1 Å². The lowest BCUT2D eigenvalue weighted by atomic mass is 9.88. The van der Waals surface area contributed by atoms with Crippen molar-refractivity contribution in [3.05, 3.63) is 63.7 Å². The van der Waals surface area contributed by atoms with Crippen LogP contribution in [0.3, 0.4) is 0 Å². The number of aryl methyl sites for hydroxylation is 1. The standard InChI is InChI=1S/C19H22FN5O4.C7H8O3S/c1-19(8-21)9-24(7-14(19)23-29-2)17-13(20)5-11-15(26)12(18(27)28)6-25(10-3-4-10)16(11)22-17;1-6-2-4-7(5-3-6)11(8,9)10/h5-6,10H,3-4,7-9,21H2,1-2H3,(H,27,28);2-5H,1H3,(H,8,9,10)/t19-;/m1./s1. The number of carbonyl (C=O) groups is 1. The van der Waals surface area contributed by atoms with Gasteiger partial charge in [0.2, 0.25) is 5.43 Å². The second kappa shape index (κ2) is 10.9. The first-order chi connectivity index (χ1) is 18.8. The molecule has 0 unspecified atom stereocenters. The third kappa shape index (κ3) is 5.83. The number of aromatic carboxylic acids is 1. The highest BCUT2D eigenvalue weighted by Crippen LogP contribution is 2.38. The maximum Gasteiger partial charge on any atom is 0.341 e. The van der Waals surface area contributed by atoms with Crippen LogP contribution in [0.4, 0.5) is 10.2 Å². The Kier molecular flexibility index (Phi) is 7.97. The molecule has 4 N–H and O–H groups in total. The van der Waals surface area contributed by atoms with Gasteiger partial charge in [0.05, 0.1) is 22.5 Å². The molecule has 0 spiro atoms. The van der Waals surface area contributed by atoms with E-state index < -0.39 is 32.7 Å². The SMILES string of the molecule is CON=C1CN(c2nc3c(cc2F)c(=O)c(C(=O)O)cn3C2CC2)C[C@@]1(C)CN.Cc1ccc(S(=O)(=O)O)cc1. The monoisotopic (exact) mass is 575 g/mol. The summed E-state index contributed by atoms with van der Waals surface area (Å²) >= 11 is 0. The number of pyridine rings is 2. The Morgan fingerprint density at radius 2 is 1.95 bits per heavy atom. The third-order valence-electron chi connectivity index (χ3n) is 6.96. The smallest absolute Gasteiger partial charge is 0.341 e. The Balaban J connectivity index is 0.000000283. The minimum absolute atomic E-state index is 0.0374. The highest BCUT2D eigenvalue weighted by Gasteiger charge is 2.41. The molecule has 12 nitrogen and oxygen atoms in total. The molecule has 214 valence electrons. The van der Waals surface area contributed by atoms with Crippen molar-refractivity contribution in [3.8, 4) is 0 Å². The molecule has 1 saturated carbocycles. The lowest BCUT2D eigenvalue weighted by Crippen LogP contribution is -2.36. The average Bonchev–Trinajstić information content (AvgIpc) is 3.68. The number of nitrogens with zero attached hydrogens (tertiary/aromatic N) is 4.